The van der Waals surface area contributed by atoms with E-state index in [0.29, 0.717) is 6.54 Å². The number of nitrogens with one attached hydrogen (secondary N) is 1. The van der Waals surface area contributed by atoms with Crippen molar-refractivity contribution in [3.63, 3.8) is 0 Å². The fourth-order valence-corrected chi connectivity index (χ4v) is 2.48. The molecule has 5 nitrogen and oxygen atoms in total. The van der Waals surface area contributed by atoms with E-state index >= 15 is 0 Å². The van der Waals surface area contributed by atoms with Crippen LogP contribution in [0.15, 0.2) is 53.5 Å². The molecule has 0 bridgehead atoms. The minimum Gasteiger partial charge on any atom is -0.463 e. The number of furan rings is 1. The summed E-state index contributed by atoms with van der Waals surface area (Å²) in [6, 6.07) is 12.1. The summed E-state index contributed by atoms with van der Waals surface area (Å²) in [6.07, 6.45) is 5.43. The van der Waals surface area contributed by atoms with Crippen molar-refractivity contribution in [2.75, 3.05) is 11.6 Å². The highest BCUT2D eigenvalue weighted by Crippen LogP contribution is 2.17. The summed E-state index contributed by atoms with van der Waals surface area (Å²) in [5.41, 5.74) is 2.05. The molecule has 6 heteroatoms. The first-order valence-corrected chi connectivity index (χ1v) is 8.00. The molecule has 0 saturated carbocycles. The van der Waals surface area contributed by atoms with E-state index in [1.807, 2.05) is 34.9 Å². The Morgan fingerprint density at radius 1 is 1.14 bits per heavy atom. The van der Waals surface area contributed by atoms with Gasteiger partial charge in [-0.15, -0.1) is 10.2 Å². The van der Waals surface area contributed by atoms with Gasteiger partial charge in [-0.3, -0.25) is 4.57 Å². The molecule has 1 aromatic carbocycles. The number of nitrogens with zero attached hydrogens (tertiary/aromatic N) is 3. The van der Waals surface area contributed by atoms with E-state index in [1.54, 1.807) is 24.4 Å². The Morgan fingerprint density at radius 2 is 1.95 bits per heavy atom. The first kappa shape index (κ1) is 13.8. The molecule has 0 spiro atoms. The van der Waals surface area contributed by atoms with Gasteiger partial charge in [0.2, 0.25) is 0 Å². The first-order valence-electron chi connectivity index (χ1n) is 6.60. The Morgan fingerprint density at radius 3 is 2.76 bits per heavy atom. The molecule has 1 N–H and O–H groups in total. The fraction of sp³-hybridized carbons (Fsp3) is 0.200. The second-order valence-electron chi connectivity index (χ2n) is 4.57. The molecule has 108 valence electrons. The second kappa shape index (κ2) is 6.49. The van der Waals surface area contributed by atoms with Crippen molar-refractivity contribution in [2.24, 2.45) is 0 Å². The van der Waals surface area contributed by atoms with Crippen LogP contribution in [0.25, 0.3) is 5.69 Å². The predicted octanol–water partition coefficient (Wildman–Crippen LogP) is 3.34. The molecule has 0 unspecified atom stereocenters. The smallest absolute Gasteiger partial charge is 0.123 e. The fourth-order valence-electron chi connectivity index (χ4n) is 2.04. The number of anilines is 1. The molecule has 2 aromatic heterocycles. The lowest BCUT2D eigenvalue weighted by molar-refractivity contribution is 0.487. The van der Waals surface area contributed by atoms with E-state index in [4.69, 9.17) is 4.42 Å². The van der Waals surface area contributed by atoms with Gasteiger partial charge < -0.3 is 9.73 Å². The molecule has 0 aliphatic rings. The SMILES string of the molecule is CSCc1ccc(CNc2cccc(-n3cnnc3)c2)o1. The van der Waals surface area contributed by atoms with Crippen LogP contribution < -0.4 is 5.32 Å². The topological polar surface area (TPSA) is 55.9 Å². The third kappa shape index (κ3) is 3.46. The van der Waals surface area contributed by atoms with Gasteiger partial charge in [-0.1, -0.05) is 6.07 Å². The molecule has 0 fully saturated rings. The monoisotopic (exact) mass is 300 g/mol. The van der Waals surface area contributed by atoms with Crippen molar-refractivity contribution in [3.05, 3.63) is 60.6 Å². The zero-order valence-electron chi connectivity index (χ0n) is 11.7. The Kier molecular flexibility index (Phi) is 4.25. The summed E-state index contributed by atoms with van der Waals surface area (Å²) in [6.45, 7) is 0.667. The average Bonchev–Trinajstić information content (AvgIpc) is 3.18. The Balaban J connectivity index is 1.66. The maximum Gasteiger partial charge on any atom is 0.123 e. The number of hydrogen-bond acceptors (Lipinski definition) is 5. The molecule has 3 rings (SSSR count). The maximum absolute atomic E-state index is 5.74. The number of hydrogen-bond donors (Lipinski definition) is 1. The summed E-state index contributed by atoms with van der Waals surface area (Å²) >= 11 is 1.75. The van der Waals surface area contributed by atoms with Crippen molar-refractivity contribution in [1.29, 1.82) is 0 Å². The molecule has 0 amide bonds. The quantitative estimate of drug-likeness (QED) is 0.756. The highest BCUT2D eigenvalue weighted by atomic mass is 32.2. The summed E-state index contributed by atoms with van der Waals surface area (Å²) < 4.78 is 7.61. The van der Waals surface area contributed by atoms with Crippen LogP contribution in [0.4, 0.5) is 5.69 Å². The molecule has 21 heavy (non-hydrogen) atoms. The molecule has 0 atom stereocenters. The van der Waals surface area contributed by atoms with Crippen molar-refractivity contribution in [2.45, 2.75) is 12.3 Å². The second-order valence-corrected chi connectivity index (χ2v) is 5.44. The van der Waals surface area contributed by atoms with Gasteiger partial charge in [-0.2, -0.15) is 11.8 Å². The van der Waals surface area contributed by atoms with Crippen molar-refractivity contribution < 1.29 is 4.42 Å². The zero-order chi connectivity index (χ0) is 14.5. The van der Waals surface area contributed by atoms with Crippen LogP contribution in [-0.2, 0) is 12.3 Å². The van der Waals surface area contributed by atoms with Gasteiger partial charge in [0.15, 0.2) is 0 Å². The minimum absolute atomic E-state index is 0.667. The number of benzene rings is 1. The van der Waals surface area contributed by atoms with Gasteiger partial charge in [0.25, 0.3) is 0 Å². The van der Waals surface area contributed by atoms with E-state index in [1.165, 1.54) is 0 Å². The van der Waals surface area contributed by atoms with Crippen LogP contribution >= 0.6 is 11.8 Å². The van der Waals surface area contributed by atoms with Crippen molar-refractivity contribution in [1.82, 2.24) is 14.8 Å². The molecular formula is C15H16N4OS. The normalized spacial score (nSPS) is 10.7. The minimum atomic E-state index is 0.667. The molecule has 3 aromatic rings. The number of rotatable bonds is 6. The van der Waals surface area contributed by atoms with E-state index in [0.717, 1.165) is 28.6 Å². The lowest BCUT2D eigenvalue weighted by Gasteiger charge is -2.07. The van der Waals surface area contributed by atoms with Gasteiger partial charge in [0, 0.05) is 5.69 Å². The largest absolute Gasteiger partial charge is 0.463 e. The summed E-state index contributed by atoms with van der Waals surface area (Å²) in [5, 5.41) is 11.0. The summed E-state index contributed by atoms with van der Waals surface area (Å²) in [7, 11) is 0. The molecule has 0 aliphatic carbocycles. The molecule has 0 saturated heterocycles. The van der Waals surface area contributed by atoms with Gasteiger partial charge >= 0.3 is 0 Å². The Hall–Kier alpha value is -2.21. The zero-order valence-corrected chi connectivity index (χ0v) is 12.5. The highest BCUT2D eigenvalue weighted by Gasteiger charge is 2.02. The van der Waals surface area contributed by atoms with Gasteiger partial charge in [-0.25, -0.2) is 0 Å². The van der Waals surface area contributed by atoms with Crippen LogP contribution in [0.3, 0.4) is 0 Å². The Labute approximate surface area is 127 Å². The first-order chi connectivity index (χ1) is 10.3. The molecule has 0 radical (unpaired) electrons. The number of aromatic nitrogens is 3. The van der Waals surface area contributed by atoms with E-state index in [9.17, 15) is 0 Å². The average molecular weight is 300 g/mol. The predicted molar refractivity (Wildman–Crippen MR) is 84.6 cm³/mol. The van der Waals surface area contributed by atoms with Gasteiger partial charge in [0.05, 0.1) is 18.0 Å². The molecular weight excluding hydrogens is 284 g/mol. The molecule has 2 heterocycles. The van der Waals surface area contributed by atoms with E-state index < -0.39 is 0 Å². The van der Waals surface area contributed by atoms with Crippen molar-refractivity contribution in [3.8, 4) is 5.69 Å². The van der Waals surface area contributed by atoms with Crippen LogP contribution in [0.5, 0.6) is 0 Å². The van der Waals surface area contributed by atoms with Crippen LogP contribution in [0, 0.1) is 0 Å². The number of thioether (sulfide) groups is 1. The van der Waals surface area contributed by atoms with Gasteiger partial charge in [-0.05, 0) is 36.6 Å². The van der Waals surface area contributed by atoms with E-state index in [-0.39, 0.29) is 0 Å². The third-order valence-corrected chi connectivity index (χ3v) is 3.61. The van der Waals surface area contributed by atoms with Crippen molar-refractivity contribution >= 4 is 17.4 Å². The lowest BCUT2D eigenvalue weighted by atomic mass is 10.2. The maximum atomic E-state index is 5.74. The Bertz CT molecular complexity index is 693. The third-order valence-electron chi connectivity index (χ3n) is 3.03. The van der Waals surface area contributed by atoms with Crippen LogP contribution in [0.1, 0.15) is 11.5 Å². The van der Waals surface area contributed by atoms with Crippen LogP contribution in [-0.4, -0.2) is 21.0 Å². The summed E-state index contributed by atoms with van der Waals surface area (Å²) in [4.78, 5) is 0. The van der Waals surface area contributed by atoms with Gasteiger partial charge in [0.1, 0.15) is 24.2 Å². The lowest BCUT2D eigenvalue weighted by Crippen LogP contribution is -1.99. The molecule has 0 aliphatic heterocycles. The standard InChI is InChI=1S/C15H16N4OS/c1-21-9-15-6-5-14(20-15)8-16-12-3-2-4-13(7-12)19-10-17-18-11-19/h2-7,10-11,16H,8-9H2,1H3. The summed E-state index contributed by atoms with van der Waals surface area (Å²) in [5.74, 6) is 2.86. The van der Waals surface area contributed by atoms with Crippen LogP contribution in [0.2, 0.25) is 0 Å². The highest BCUT2D eigenvalue weighted by molar-refractivity contribution is 7.97. The van der Waals surface area contributed by atoms with E-state index in [2.05, 4.69) is 27.8 Å².